The van der Waals surface area contributed by atoms with Crippen LogP contribution in [-0.4, -0.2) is 28.3 Å². The van der Waals surface area contributed by atoms with Crippen LogP contribution in [0, 0.1) is 6.92 Å². The van der Waals surface area contributed by atoms with E-state index in [9.17, 15) is 9.59 Å². The van der Waals surface area contributed by atoms with E-state index in [1.807, 2.05) is 37.3 Å². The van der Waals surface area contributed by atoms with Gasteiger partial charge >= 0.3 is 0 Å². The maximum Gasteiger partial charge on any atom is 0.261 e. The monoisotopic (exact) mass is 456 g/mol. The second-order valence-corrected chi connectivity index (χ2v) is 8.96. The van der Waals surface area contributed by atoms with Gasteiger partial charge in [-0.25, -0.2) is 0 Å². The van der Waals surface area contributed by atoms with Crippen molar-refractivity contribution in [2.75, 3.05) is 7.05 Å². The fourth-order valence-electron chi connectivity index (χ4n) is 5.37. The molecular weight excluding hydrogens is 432 g/mol. The molecule has 0 unspecified atom stereocenters. The van der Waals surface area contributed by atoms with Crippen LogP contribution in [0.1, 0.15) is 38.9 Å². The number of allylic oxidation sites excluding steroid dienone is 1. The highest BCUT2D eigenvalue weighted by Gasteiger charge is 2.30. The Kier molecular flexibility index (Phi) is 4.71. The lowest BCUT2D eigenvalue weighted by molar-refractivity contribution is 0.0650. The Labute approximate surface area is 203 Å². The Bertz CT molecular complexity index is 1690. The van der Waals surface area contributed by atoms with Gasteiger partial charge in [-0.05, 0) is 66.8 Å². The predicted octanol–water partition coefficient (Wildman–Crippen LogP) is 7.02. The second kappa shape index (κ2) is 7.81. The first-order chi connectivity index (χ1) is 17.0. The minimum Gasteiger partial charge on any atom is -0.313 e. The standard InChI is InChI=1S/C31H24N2O2/c1-4-9-22-19(2)33(21-10-6-5-7-11-21)28-17-14-20(18-27(22)28)23-15-16-26-29-24(23)12-8-13-25(29)30(34)32(3)31(26)35/h4-18H,1-3H3/b9-4-. The second-order valence-electron chi connectivity index (χ2n) is 8.96. The summed E-state index contributed by atoms with van der Waals surface area (Å²) in [6.45, 7) is 4.18. The van der Waals surface area contributed by atoms with Crippen LogP contribution in [0.3, 0.4) is 0 Å². The molecule has 0 saturated heterocycles. The molecular formula is C31H24N2O2. The number of imide groups is 1. The summed E-state index contributed by atoms with van der Waals surface area (Å²) < 4.78 is 2.29. The molecule has 0 fully saturated rings. The highest BCUT2D eigenvalue weighted by atomic mass is 16.2. The van der Waals surface area contributed by atoms with E-state index in [-0.39, 0.29) is 11.8 Å². The van der Waals surface area contributed by atoms with Crippen molar-refractivity contribution in [3.05, 3.63) is 107 Å². The van der Waals surface area contributed by atoms with E-state index < -0.39 is 0 Å². The molecule has 6 rings (SSSR count). The first-order valence-corrected chi connectivity index (χ1v) is 11.7. The largest absolute Gasteiger partial charge is 0.313 e. The number of nitrogens with zero attached hydrogens (tertiary/aromatic N) is 2. The fraction of sp³-hybridized carbons (Fsp3) is 0.0968. The molecule has 170 valence electrons. The molecule has 1 aliphatic rings. The Hall–Kier alpha value is -4.44. The molecule has 4 nitrogen and oxygen atoms in total. The first kappa shape index (κ1) is 21.1. The van der Waals surface area contributed by atoms with E-state index in [1.165, 1.54) is 23.2 Å². The molecule has 1 aromatic heterocycles. The van der Waals surface area contributed by atoms with Crippen molar-refractivity contribution in [2.24, 2.45) is 0 Å². The third-order valence-electron chi connectivity index (χ3n) is 7.02. The van der Waals surface area contributed by atoms with Crippen molar-refractivity contribution in [2.45, 2.75) is 13.8 Å². The number of rotatable bonds is 3. The van der Waals surface area contributed by atoms with Crippen molar-refractivity contribution < 1.29 is 9.59 Å². The summed E-state index contributed by atoms with van der Waals surface area (Å²) in [5, 5.41) is 2.82. The van der Waals surface area contributed by atoms with E-state index in [0.717, 1.165) is 38.5 Å². The number of para-hydroxylation sites is 1. The van der Waals surface area contributed by atoms with Gasteiger partial charge in [-0.2, -0.15) is 0 Å². The normalized spacial score (nSPS) is 13.5. The van der Waals surface area contributed by atoms with E-state index in [4.69, 9.17) is 0 Å². The molecule has 35 heavy (non-hydrogen) atoms. The van der Waals surface area contributed by atoms with Gasteiger partial charge in [-0.15, -0.1) is 0 Å². The van der Waals surface area contributed by atoms with Crippen LogP contribution in [0.2, 0.25) is 0 Å². The topological polar surface area (TPSA) is 42.3 Å². The highest BCUT2D eigenvalue weighted by molar-refractivity contribution is 6.26. The van der Waals surface area contributed by atoms with Gasteiger partial charge in [0.2, 0.25) is 0 Å². The minimum atomic E-state index is -0.258. The van der Waals surface area contributed by atoms with Crippen LogP contribution >= 0.6 is 0 Å². The molecule has 0 radical (unpaired) electrons. The van der Waals surface area contributed by atoms with Crippen molar-refractivity contribution in [1.82, 2.24) is 9.47 Å². The number of hydrogen-bond donors (Lipinski definition) is 0. The van der Waals surface area contributed by atoms with Gasteiger partial charge in [-0.3, -0.25) is 14.5 Å². The van der Waals surface area contributed by atoms with E-state index in [0.29, 0.717) is 11.1 Å². The molecule has 0 N–H and O–H groups in total. The number of amides is 2. The minimum absolute atomic E-state index is 0.258. The van der Waals surface area contributed by atoms with E-state index in [2.05, 4.69) is 66.1 Å². The van der Waals surface area contributed by atoms with Crippen LogP contribution in [0.15, 0.2) is 84.9 Å². The van der Waals surface area contributed by atoms with Crippen molar-refractivity contribution in [3.8, 4) is 16.8 Å². The molecule has 4 heteroatoms. The summed E-state index contributed by atoms with van der Waals surface area (Å²) in [6.07, 6.45) is 4.23. The van der Waals surface area contributed by atoms with Crippen molar-refractivity contribution in [1.29, 1.82) is 0 Å². The number of carbonyl (C=O) groups is 2. The molecule has 0 aliphatic carbocycles. The molecule has 0 atom stereocenters. The Morgan fingerprint density at radius 2 is 1.46 bits per heavy atom. The Morgan fingerprint density at radius 3 is 2.20 bits per heavy atom. The summed E-state index contributed by atoms with van der Waals surface area (Å²) in [4.78, 5) is 26.8. The number of carbonyl (C=O) groups excluding carboxylic acids is 2. The van der Waals surface area contributed by atoms with Gasteiger partial charge < -0.3 is 4.57 Å². The smallest absolute Gasteiger partial charge is 0.261 e. The van der Waals surface area contributed by atoms with Gasteiger partial charge in [0, 0.05) is 45.9 Å². The van der Waals surface area contributed by atoms with Crippen molar-refractivity contribution >= 4 is 39.6 Å². The maximum atomic E-state index is 12.8. The van der Waals surface area contributed by atoms with E-state index >= 15 is 0 Å². The number of benzene rings is 4. The zero-order valence-electron chi connectivity index (χ0n) is 19.9. The molecule has 4 aromatic carbocycles. The average Bonchev–Trinajstić information content (AvgIpc) is 3.16. The van der Waals surface area contributed by atoms with Gasteiger partial charge in [-0.1, -0.05) is 54.6 Å². The van der Waals surface area contributed by atoms with Gasteiger partial charge in [0.05, 0.1) is 5.52 Å². The lowest BCUT2D eigenvalue weighted by Crippen LogP contribution is -2.36. The average molecular weight is 457 g/mol. The third-order valence-corrected chi connectivity index (χ3v) is 7.02. The zero-order chi connectivity index (χ0) is 24.3. The summed E-state index contributed by atoms with van der Waals surface area (Å²) in [6, 6.07) is 26.4. The van der Waals surface area contributed by atoms with Crippen LogP contribution in [-0.2, 0) is 0 Å². The zero-order valence-corrected chi connectivity index (χ0v) is 19.9. The molecule has 1 aliphatic heterocycles. The third kappa shape index (κ3) is 3.00. The molecule has 0 bridgehead atoms. The van der Waals surface area contributed by atoms with Gasteiger partial charge in [0.25, 0.3) is 11.8 Å². The van der Waals surface area contributed by atoms with Crippen LogP contribution in [0.4, 0.5) is 0 Å². The van der Waals surface area contributed by atoms with Crippen molar-refractivity contribution in [3.63, 3.8) is 0 Å². The summed E-state index contributed by atoms with van der Waals surface area (Å²) in [5.74, 6) is -0.515. The SMILES string of the molecule is C/C=C\c1c(C)n(-c2ccccc2)c2ccc(-c3ccc4c5c(cccc35)C(=O)N(C)C4=O)cc12. The van der Waals surface area contributed by atoms with Crippen LogP contribution in [0.25, 0.3) is 44.6 Å². The summed E-state index contributed by atoms with van der Waals surface area (Å²) in [5.41, 5.74) is 7.83. The Balaban J connectivity index is 1.63. The summed E-state index contributed by atoms with van der Waals surface area (Å²) in [7, 11) is 1.54. The van der Waals surface area contributed by atoms with Gasteiger partial charge in [0.1, 0.15) is 0 Å². The van der Waals surface area contributed by atoms with Crippen LogP contribution in [0.5, 0.6) is 0 Å². The lowest BCUT2D eigenvalue weighted by atomic mass is 9.89. The molecule has 0 saturated carbocycles. The Morgan fingerprint density at radius 1 is 0.743 bits per heavy atom. The number of hydrogen-bond acceptors (Lipinski definition) is 2. The van der Waals surface area contributed by atoms with Gasteiger partial charge in [0.15, 0.2) is 0 Å². The first-order valence-electron chi connectivity index (χ1n) is 11.7. The molecule has 2 amide bonds. The molecule has 0 spiro atoms. The summed E-state index contributed by atoms with van der Waals surface area (Å²) >= 11 is 0. The lowest BCUT2D eigenvalue weighted by Gasteiger charge is -2.24. The fourth-order valence-corrected chi connectivity index (χ4v) is 5.37. The quantitative estimate of drug-likeness (QED) is 0.274. The maximum absolute atomic E-state index is 12.8. The van der Waals surface area contributed by atoms with E-state index in [1.54, 1.807) is 6.07 Å². The predicted molar refractivity (Wildman–Crippen MR) is 142 cm³/mol. The highest BCUT2D eigenvalue weighted by Crippen LogP contribution is 2.39. The number of aromatic nitrogens is 1. The molecule has 2 heterocycles. The van der Waals surface area contributed by atoms with Crippen LogP contribution < -0.4 is 0 Å². The molecule has 5 aromatic rings. The number of fused-ring (bicyclic) bond motifs is 1.